The molecule has 1 aromatic carbocycles. The van der Waals surface area contributed by atoms with Crippen LogP contribution in [0.1, 0.15) is 44.7 Å². The zero-order valence-electron chi connectivity index (χ0n) is 19.4. The second-order valence-corrected chi connectivity index (χ2v) is 8.30. The molecule has 1 aliphatic rings. The Labute approximate surface area is 186 Å². The van der Waals surface area contributed by atoms with Gasteiger partial charge in [-0.1, -0.05) is 35.9 Å². The average molecular weight is 438 g/mol. The molecule has 176 valence electrons. The van der Waals surface area contributed by atoms with Gasteiger partial charge in [0.2, 0.25) is 0 Å². The van der Waals surface area contributed by atoms with Crippen molar-refractivity contribution in [3.63, 3.8) is 0 Å². The van der Waals surface area contributed by atoms with E-state index in [9.17, 15) is 4.79 Å². The maximum Gasteiger partial charge on any atom is 0.410 e. The number of hydrogen-bond donors (Lipinski definition) is 2. The Morgan fingerprint density at radius 2 is 1.65 bits per heavy atom. The molecule has 1 heterocycles. The Hall–Kier alpha value is -1.93. The predicted molar refractivity (Wildman–Crippen MR) is 122 cm³/mol. The van der Waals surface area contributed by atoms with Gasteiger partial charge >= 0.3 is 6.09 Å². The summed E-state index contributed by atoms with van der Waals surface area (Å²) in [6, 6.07) is 8.53. The van der Waals surface area contributed by atoms with Crippen molar-refractivity contribution in [3.8, 4) is 0 Å². The maximum atomic E-state index is 12.0. The van der Waals surface area contributed by atoms with Gasteiger partial charge in [0, 0.05) is 26.3 Å². The number of carbonyl (C=O) groups is 1. The van der Waals surface area contributed by atoms with E-state index in [0.717, 1.165) is 6.42 Å². The summed E-state index contributed by atoms with van der Waals surface area (Å²) in [7, 11) is 0. The monoisotopic (exact) mass is 437 g/mol. The van der Waals surface area contributed by atoms with Crippen LogP contribution in [0.5, 0.6) is 0 Å². The number of aryl methyl sites for hydroxylation is 1. The summed E-state index contributed by atoms with van der Waals surface area (Å²) in [4.78, 5) is 13.7. The lowest BCUT2D eigenvalue weighted by atomic mass is 9.99. The van der Waals surface area contributed by atoms with Crippen LogP contribution in [-0.2, 0) is 14.2 Å². The topological polar surface area (TPSA) is 88.5 Å². The van der Waals surface area contributed by atoms with Crippen LogP contribution in [-0.4, -0.2) is 79.5 Å². The molecule has 0 saturated heterocycles. The molecule has 1 aromatic rings. The first-order valence-corrected chi connectivity index (χ1v) is 10.9. The smallest absolute Gasteiger partial charge is 0.410 e. The molecule has 7 heteroatoms. The molecule has 0 fully saturated rings. The van der Waals surface area contributed by atoms with Crippen LogP contribution in [0, 0.1) is 6.92 Å². The third-order valence-electron chi connectivity index (χ3n) is 4.34. The van der Waals surface area contributed by atoms with E-state index in [2.05, 4.69) is 37.3 Å². The van der Waals surface area contributed by atoms with E-state index >= 15 is 0 Å². The van der Waals surface area contributed by atoms with Gasteiger partial charge in [0.15, 0.2) is 0 Å². The first-order chi connectivity index (χ1) is 14.8. The van der Waals surface area contributed by atoms with E-state index in [0.29, 0.717) is 45.9 Å². The first-order valence-electron chi connectivity index (χ1n) is 10.9. The molecule has 0 aliphatic carbocycles. The minimum atomic E-state index is -0.433. The molecule has 0 radical (unpaired) electrons. The van der Waals surface area contributed by atoms with E-state index in [1.807, 2.05) is 20.8 Å². The van der Waals surface area contributed by atoms with Crippen LogP contribution in [0.4, 0.5) is 4.79 Å². The molecule has 2 rings (SSSR count). The van der Waals surface area contributed by atoms with Crippen LogP contribution in [0.15, 0.2) is 30.3 Å². The van der Waals surface area contributed by atoms with E-state index < -0.39 is 5.60 Å². The van der Waals surface area contributed by atoms with Gasteiger partial charge in [-0.25, -0.2) is 4.79 Å². The molecule has 0 unspecified atom stereocenters. The maximum absolute atomic E-state index is 12.0. The zero-order valence-corrected chi connectivity index (χ0v) is 19.4. The van der Waals surface area contributed by atoms with E-state index in [4.69, 9.17) is 24.4 Å². The molecule has 0 aromatic heterocycles. The zero-order chi connectivity index (χ0) is 23.1. The molecule has 2 N–H and O–H groups in total. The second kappa shape index (κ2) is 15.0. The number of carbonyl (C=O) groups excluding carboxylic acids is 1. The lowest BCUT2D eigenvalue weighted by Crippen LogP contribution is -2.39. The summed E-state index contributed by atoms with van der Waals surface area (Å²) in [6.45, 7) is 11.3. The summed E-state index contributed by atoms with van der Waals surface area (Å²) < 4.78 is 15.4. The minimum absolute atomic E-state index is 0.0522. The lowest BCUT2D eigenvalue weighted by Gasteiger charge is -2.29. The van der Waals surface area contributed by atoms with E-state index in [1.54, 1.807) is 4.90 Å². The molecular weight excluding hydrogens is 398 g/mol. The number of nitrogens with zero attached hydrogens (tertiary/aromatic N) is 1. The molecule has 0 spiro atoms. The highest BCUT2D eigenvalue weighted by atomic mass is 16.6. The second-order valence-electron chi connectivity index (χ2n) is 8.30. The first kappa shape index (κ1) is 27.1. The van der Waals surface area contributed by atoms with Crippen molar-refractivity contribution in [2.24, 2.45) is 0 Å². The van der Waals surface area contributed by atoms with Gasteiger partial charge in [-0.05, 0) is 51.7 Å². The Balaban J connectivity index is 0.000000373. The van der Waals surface area contributed by atoms with Crippen molar-refractivity contribution in [3.05, 3.63) is 41.5 Å². The fourth-order valence-corrected chi connectivity index (χ4v) is 2.74. The quantitative estimate of drug-likeness (QED) is 0.576. The molecular formula is C24H39NO6. The number of aliphatic hydroxyl groups excluding tert-OH is 2. The number of rotatable bonds is 9. The third kappa shape index (κ3) is 12.5. The van der Waals surface area contributed by atoms with Gasteiger partial charge in [0.25, 0.3) is 0 Å². The highest BCUT2D eigenvalue weighted by Gasteiger charge is 2.23. The van der Waals surface area contributed by atoms with E-state index in [1.165, 1.54) is 16.7 Å². The van der Waals surface area contributed by atoms with Gasteiger partial charge in [-0.3, -0.25) is 0 Å². The molecule has 7 nitrogen and oxygen atoms in total. The molecule has 1 amide bonds. The number of ether oxygens (including phenoxy) is 3. The highest BCUT2D eigenvalue weighted by molar-refractivity contribution is 5.72. The van der Waals surface area contributed by atoms with Crippen molar-refractivity contribution >= 4 is 11.7 Å². The molecule has 1 aliphatic heterocycles. The van der Waals surface area contributed by atoms with Crippen molar-refractivity contribution in [2.75, 3.05) is 52.7 Å². The van der Waals surface area contributed by atoms with Crippen LogP contribution < -0.4 is 0 Å². The average Bonchev–Trinajstić information content (AvgIpc) is 2.73. The van der Waals surface area contributed by atoms with Crippen LogP contribution in [0.3, 0.4) is 0 Å². The lowest BCUT2D eigenvalue weighted by molar-refractivity contribution is 0.0270. The standard InChI is InChI=1S/C17H23NO2.C7H16O4/c1-13-5-7-14(8-6-13)15-9-11-18(12-10-15)16(19)20-17(2,3)4;8-2-1-4-10-6-7-11-5-3-9/h5-9H,10-12H2,1-4H3;8-9H,1-7H2. The summed E-state index contributed by atoms with van der Waals surface area (Å²) in [5, 5.41) is 16.7. The van der Waals surface area contributed by atoms with Gasteiger partial charge in [0.05, 0.1) is 26.4 Å². The van der Waals surface area contributed by atoms with Gasteiger partial charge in [0.1, 0.15) is 5.60 Å². The molecule has 31 heavy (non-hydrogen) atoms. The number of benzene rings is 1. The minimum Gasteiger partial charge on any atom is -0.444 e. The SMILES string of the molecule is Cc1ccc(C2=CCN(C(=O)OC(C)(C)C)CC2)cc1.OCCCOCCOCCO. The number of amides is 1. The fourth-order valence-electron chi connectivity index (χ4n) is 2.74. The largest absolute Gasteiger partial charge is 0.444 e. The predicted octanol–water partition coefficient (Wildman–Crippen LogP) is 3.41. The van der Waals surface area contributed by atoms with Crippen molar-refractivity contribution in [1.29, 1.82) is 0 Å². The molecule has 0 saturated carbocycles. The molecule has 0 bridgehead atoms. The fraction of sp³-hybridized carbons (Fsp3) is 0.625. The van der Waals surface area contributed by atoms with Gasteiger partial charge in [-0.2, -0.15) is 0 Å². The van der Waals surface area contributed by atoms with Crippen LogP contribution in [0.25, 0.3) is 5.57 Å². The van der Waals surface area contributed by atoms with Crippen LogP contribution in [0.2, 0.25) is 0 Å². The Morgan fingerprint density at radius 1 is 1.00 bits per heavy atom. The number of hydrogen-bond acceptors (Lipinski definition) is 6. The highest BCUT2D eigenvalue weighted by Crippen LogP contribution is 2.23. The van der Waals surface area contributed by atoms with E-state index in [-0.39, 0.29) is 19.3 Å². The summed E-state index contributed by atoms with van der Waals surface area (Å²) in [6.07, 6.45) is 3.44. The Kier molecular flexibility index (Phi) is 13.1. The van der Waals surface area contributed by atoms with Crippen LogP contribution >= 0.6 is 0 Å². The Bertz CT molecular complexity index is 643. The number of aliphatic hydroxyl groups is 2. The Morgan fingerprint density at radius 3 is 2.16 bits per heavy atom. The molecule has 0 atom stereocenters. The summed E-state index contributed by atoms with van der Waals surface area (Å²) in [5.41, 5.74) is 3.39. The van der Waals surface area contributed by atoms with Crippen molar-refractivity contribution in [2.45, 2.75) is 46.1 Å². The van der Waals surface area contributed by atoms with Crippen molar-refractivity contribution in [1.82, 2.24) is 4.90 Å². The van der Waals surface area contributed by atoms with Gasteiger partial charge in [-0.15, -0.1) is 0 Å². The summed E-state index contributed by atoms with van der Waals surface area (Å²) in [5.74, 6) is 0. The third-order valence-corrected chi connectivity index (χ3v) is 4.34. The summed E-state index contributed by atoms with van der Waals surface area (Å²) >= 11 is 0. The van der Waals surface area contributed by atoms with Gasteiger partial charge < -0.3 is 29.3 Å². The van der Waals surface area contributed by atoms with Crippen molar-refractivity contribution < 1.29 is 29.2 Å². The normalized spacial score (nSPS) is 13.9.